The molecule has 0 aliphatic carbocycles. The molecule has 0 spiro atoms. The first-order chi connectivity index (χ1) is 13.5. The Bertz CT molecular complexity index is 1180. The fourth-order valence-electron chi connectivity index (χ4n) is 2.96. The Labute approximate surface area is 166 Å². The number of aliphatic imine (C=N–C) groups is 1. The van der Waals surface area contributed by atoms with Crippen LogP contribution in [-0.2, 0) is 0 Å². The number of hydrogen-bond acceptors (Lipinski definition) is 4. The lowest BCUT2D eigenvalue weighted by atomic mass is 9.99. The molecule has 0 saturated heterocycles. The van der Waals surface area contributed by atoms with Crippen molar-refractivity contribution in [3.63, 3.8) is 0 Å². The van der Waals surface area contributed by atoms with Crippen LogP contribution in [0.1, 0.15) is 23.1 Å². The summed E-state index contributed by atoms with van der Waals surface area (Å²) in [6, 6.07) is 13.1. The summed E-state index contributed by atoms with van der Waals surface area (Å²) in [5.74, 6) is -0.101. The lowest BCUT2D eigenvalue weighted by Gasteiger charge is -2.09. The van der Waals surface area contributed by atoms with Gasteiger partial charge < -0.3 is 10.1 Å². The number of aromatic nitrogens is 3. The maximum absolute atomic E-state index is 13.2. The maximum atomic E-state index is 13.2. The van der Waals surface area contributed by atoms with Crippen molar-refractivity contribution in [1.82, 2.24) is 15.2 Å². The number of aromatic hydroxyl groups is 1. The van der Waals surface area contributed by atoms with Crippen LogP contribution in [0, 0.1) is 0 Å². The van der Waals surface area contributed by atoms with Gasteiger partial charge in [0.25, 0.3) is 6.43 Å². The largest absolute Gasteiger partial charge is 0.494 e. The molecule has 0 fully saturated rings. The fraction of sp³-hybridized carbons (Fsp3) is 0.0500. The van der Waals surface area contributed by atoms with E-state index in [-0.39, 0.29) is 11.4 Å². The molecule has 0 amide bonds. The van der Waals surface area contributed by atoms with Crippen LogP contribution < -0.4 is 0 Å². The van der Waals surface area contributed by atoms with Crippen LogP contribution in [0.3, 0.4) is 0 Å². The molecule has 140 valence electrons. The number of hydrogen-bond donors (Lipinski definition) is 2. The number of benzene rings is 2. The Balaban J connectivity index is 2.00. The average Bonchev–Trinajstić information content (AvgIpc) is 3.02. The molecule has 8 heteroatoms. The van der Waals surface area contributed by atoms with Gasteiger partial charge in [-0.25, -0.2) is 13.8 Å². The quantitative estimate of drug-likeness (QED) is 0.407. The van der Waals surface area contributed by atoms with E-state index in [2.05, 4.69) is 36.1 Å². The summed E-state index contributed by atoms with van der Waals surface area (Å²) in [4.78, 5) is 7.49. The summed E-state index contributed by atoms with van der Waals surface area (Å²) in [7, 11) is 0. The zero-order valence-corrected chi connectivity index (χ0v) is 15.9. The third kappa shape index (κ3) is 3.50. The second kappa shape index (κ2) is 7.47. The Morgan fingerprint density at radius 2 is 1.96 bits per heavy atom. The van der Waals surface area contributed by atoms with E-state index in [1.807, 2.05) is 18.2 Å². The Morgan fingerprint density at radius 1 is 1.11 bits per heavy atom. The van der Waals surface area contributed by atoms with Gasteiger partial charge in [0.15, 0.2) is 5.88 Å². The summed E-state index contributed by atoms with van der Waals surface area (Å²) in [5.41, 5.74) is 2.26. The normalized spacial score (nSPS) is 12.1. The molecular weight excluding hydrogens is 430 g/mol. The van der Waals surface area contributed by atoms with E-state index in [4.69, 9.17) is 0 Å². The zero-order chi connectivity index (χ0) is 19.7. The minimum atomic E-state index is -2.62. The molecule has 0 atom stereocenters. The zero-order valence-electron chi connectivity index (χ0n) is 14.3. The van der Waals surface area contributed by atoms with Crippen LogP contribution in [0.2, 0.25) is 0 Å². The van der Waals surface area contributed by atoms with Crippen molar-refractivity contribution in [2.75, 3.05) is 0 Å². The number of nitrogens with zero attached hydrogens (tertiary/aromatic N) is 3. The van der Waals surface area contributed by atoms with Crippen molar-refractivity contribution < 1.29 is 13.9 Å². The van der Waals surface area contributed by atoms with Gasteiger partial charge in [-0.05, 0) is 30.3 Å². The summed E-state index contributed by atoms with van der Waals surface area (Å²) in [6.07, 6.45) is 0.325. The number of rotatable bonds is 4. The molecule has 0 bridgehead atoms. The highest BCUT2D eigenvalue weighted by Gasteiger charge is 2.20. The van der Waals surface area contributed by atoms with Gasteiger partial charge in [-0.15, -0.1) is 0 Å². The maximum Gasteiger partial charge on any atom is 0.263 e. The molecular formula is C20H13BrF2N4O. The molecule has 0 aliphatic heterocycles. The first kappa shape index (κ1) is 18.2. The van der Waals surface area contributed by atoms with Crippen molar-refractivity contribution in [2.45, 2.75) is 6.43 Å². The van der Waals surface area contributed by atoms with E-state index in [1.54, 1.807) is 18.2 Å². The van der Waals surface area contributed by atoms with Crippen LogP contribution in [0.4, 0.5) is 14.5 Å². The molecule has 0 aliphatic rings. The van der Waals surface area contributed by atoms with Crippen molar-refractivity contribution in [2.24, 2.45) is 4.99 Å². The lowest BCUT2D eigenvalue weighted by molar-refractivity contribution is 0.151. The highest BCUT2D eigenvalue weighted by Crippen LogP contribution is 2.33. The molecule has 0 unspecified atom stereocenters. The first-order valence-corrected chi connectivity index (χ1v) is 9.06. The number of H-pyrrole nitrogens is 1. The van der Waals surface area contributed by atoms with Crippen molar-refractivity contribution >= 4 is 38.2 Å². The van der Waals surface area contributed by atoms with Crippen molar-refractivity contribution in [3.05, 3.63) is 82.1 Å². The topological polar surface area (TPSA) is 74.2 Å². The molecule has 2 N–H and O–H groups in total. The van der Waals surface area contributed by atoms with E-state index in [9.17, 15) is 13.9 Å². The third-order valence-corrected chi connectivity index (χ3v) is 4.69. The van der Waals surface area contributed by atoms with Gasteiger partial charge in [0.1, 0.15) is 0 Å². The third-order valence-electron chi connectivity index (χ3n) is 4.20. The van der Waals surface area contributed by atoms with E-state index >= 15 is 0 Å². The highest BCUT2D eigenvalue weighted by molar-refractivity contribution is 9.10. The van der Waals surface area contributed by atoms with Crippen LogP contribution in [0.25, 0.3) is 10.9 Å². The Morgan fingerprint density at radius 3 is 2.71 bits per heavy atom. The number of aromatic amines is 1. The Kier molecular flexibility index (Phi) is 4.87. The highest BCUT2D eigenvalue weighted by atomic mass is 79.9. The predicted molar refractivity (Wildman–Crippen MR) is 106 cm³/mol. The molecule has 28 heavy (non-hydrogen) atoms. The van der Waals surface area contributed by atoms with Crippen LogP contribution in [-0.4, -0.2) is 26.0 Å². The Hall–Kier alpha value is -3.13. The van der Waals surface area contributed by atoms with Gasteiger partial charge in [-0.1, -0.05) is 34.1 Å². The summed E-state index contributed by atoms with van der Waals surface area (Å²) < 4.78 is 27.3. The predicted octanol–water partition coefficient (Wildman–Crippen LogP) is 5.53. The standard InChI is InChI=1S/C20H13BrF2N4O/c21-13-4-5-16-15(9-13)17(20(28)27-16)18(26-14-6-7-24-25-10-14)11-2-1-3-12(8-11)19(22)23/h1-10,19,27-28H. The van der Waals surface area contributed by atoms with E-state index in [0.29, 0.717) is 33.4 Å². The molecule has 2 heterocycles. The van der Waals surface area contributed by atoms with Crippen molar-refractivity contribution in [3.8, 4) is 5.88 Å². The van der Waals surface area contributed by atoms with Gasteiger partial charge in [-0.3, -0.25) is 0 Å². The van der Waals surface area contributed by atoms with Crippen LogP contribution in [0.15, 0.2) is 70.4 Å². The second-order valence-corrected chi connectivity index (χ2v) is 6.94. The molecule has 2 aromatic heterocycles. The summed E-state index contributed by atoms with van der Waals surface area (Å²) in [6.45, 7) is 0. The smallest absolute Gasteiger partial charge is 0.263 e. The van der Waals surface area contributed by atoms with Crippen LogP contribution >= 0.6 is 15.9 Å². The number of nitrogens with one attached hydrogen (secondary N) is 1. The second-order valence-electron chi connectivity index (χ2n) is 6.03. The number of fused-ring (bicyclic) bond motifs is 1. The molecule has 4 rings (SSSR count). The van der Waals surface area contributed by atoms with Gasteiger partial charge in [0, 0.05) is 26.5 Å². The number of halogens is 3. The number of alkyl halides is 2. The average molecular weight is 443 g/mol. The van der Waals surface area contributed by atoms with Gasteiger partial charge >= 0.3 is 0 Å². The minimum Gasteiger partial charge on any atom is -0.494 e. The molecule has 5 nitrogen and oxygen atoms in total. The van der Waals surface area contributed by atoms with Gasteiger partial charge in [0.2, 0.25) is 0 Å². The van der Waals surface area contributed by atoms with Crippen molar-refractivity contribution in [1.29, 1.82) is 0 Å². The monoisotopic (exact) mass is 442 g/mol. The minimum absolute atomic E-state index is 0.101. The van der Waals surface area contributed by atoms with E-state index < -0.39 is 6.43 Å². The molecule has 4 aromatic rings. The molecule has 0 saturated carbocycles. The fourth-order valence-corrected chi connectivity index (χ4v) is 3.32. The molecule has 2 aromatic carbocycles. The summed E-state index contributed by atoms with van der Waals surface area (Å²) >= 11 is 3.43. The lowest BCUT2D eigenvalue weighted by Crippen LogP contribution is -2.04. The van der Waals surface area contributed by atoms with Crippen LogP contribution in [0.5, 0.6) is 5.88 Å². The summed E-state index contributed by atoms with van der Waals surface area (Å²) in [5, 5.41) is 18.8. The SMILES string of the molecule is Oc1[nH]c2ccc(Br)cc2c1C(=Nc1ccnnc1)c1cccc(C(F)F)c1. The first-order valence-electron chi connectivity index (χ1n) is 8.27. The van der Waals surface area contributed by atoms with E-state index in [0.717, 1.165) is 4.47 Å². The molecule has 0 radical (unpaired) electrons. The van der Waals surface area contributed by atoms with Gasteiger partial charge in [0.05, 0.1) is 29.4 Å². The van der Waals surface area contributed by atoms with Gasteiger partial charge in [-0.2, -0.15) is 10.2 Å². The van der Waals surface area contributed by atoms with E-state index in [1.165, 1.54) is 24.5 Å².